The number of aryl methyl sites for hydroxylation is 1. The first kappa shape index (κ1) is 23.3. The number of ether oxygens (including phenoxy) is 2. The second kappa shape index (κ2) is 9.96. The van der Waals surface area contributed by atoms with Crippen LogP contribution in [0, 0.1) is 12.7 Å². The molecule has 1 N–H and O–H groups in total. The van der Waals surface area contributed by atoms with E-state index in [0.29, 0.717) is 17.9 Å². The quantitative estimate of drug-likeness (QED) is 0.544. The van der Waals surface area contributed by atoms with Crippen LogP contribution in [0.1, 0.15) is 21.1 Å². The fourth-order valence-electron chi connectivity index (χ4n) is 3.24. The highest BCUT2D eigenvalue weighted by molar-refractivity contribution is 7.89. The van der Waals surface area contributed by atoms with E-state index in [0.717, 1.165) is 22.8 Å². The molecule has 0 saturated carbocycles. The van der Waals surface area contributed by atoms with Crippen LogP contribution in [0.25, 0.3) is 0 Å². The Morgan fingerprint density at radius 1 is 1.21 bits per heavy atom. The first-order valence-corrected chi connectivity index (χ1v) is 12.5. The fourth-order valence-corrected chi connectivity index (χ4v) is 5.34. The van der Waals surface area contributed by atoms with Gasteiger partial charge in [-0.1, -0.05) is 0 Å². The van der Waals surface area contributed by atoms with Crippen molar-refractivity contribution in [1.82, 2.24) is 9.29 Å². The van der Waals surface area contributed by atoms with E-state index < -0.39 is 26.6 Å². The lowest BCUT2D eigenvalue weighted by atomic mass is 10.2. The molecular weight excluding hydrogens is 469 g/mol. The van der Waals surface area contributed by atoms with Crippen LogP contribution < -0.4 is 10.1 Å². The van der Waals surface area contributed by atoms with Crippen LogP contribution in [0.4, 0.5) is 10.1 Å². The summed E-state index contributed by atoms with van der Waals surface area (Å²) < 4.78 is 52.0. The van der Waals surface area contributed by atoms with Crippen molar-refractivity contribution in [2.45, 2.75) is 18.4 Å². The summed E-state index contributed by atoms with van der Waals surface area (Å²) in [4.78, 5) is 16.5. The summed E-state index contributed by atoms with van der Waals surface area (Å²) >= 11 is 1.54. The number of nitrogens with one attached hydrogen (secondary N) is 1. The Morgan fingerprint density at radius 2 is 1.94 bits per heavy atom. The molecule has 0 aliphatic carbocycles. The summed E-state index contributed by atoms with van der Waals surface area (Å²) in [6, 6.07) is 9.97. The zero-order valence-electron chi connectivity index (χ0n) is 17.8. The van der Waals surface area contributed by atoms with E-state index in [1.54, 1.807) is 35.6 Å². The Hall–Kier alpha value is -2.86. The lowest BCUT2D eigenvalue weighted by Gasteiger charge is -2.26. The molecule has 1 amide bonds. The summed E-state index contributed by atoms with van der Waals surface area (Å²) in [6.07, 6.45) is 0. The van der Waals surface area contributed by atoms with Gasteiger partial charge in [0.2, 0.25) is 10.0 Å². The van der Waals surface area contributed by atoms with E-state index in [4.69, 9.17) is 9.47 Å². The van der Waals surface area contributed by atoms with Crippen LogP contribution >= 0.6 is 11.3 Å². The molecule has 1 saturated heterocycles. The molecule has 8 nitrogen and oxygen atoms in total. The maximum atomic E-state index is 14.4. The van der Waals surface area contributed by atoms with Crippen molar-refractivity contribution >= 4 is 33.0 Å². The lowest BCUT2D eigenvalue weighted by molar-refractivity contribution is 0.0729. The normalized spacial score (nSPS) is 14.7. The minimum absolute atomic E-state index is 0.148. The zero-order chi connectivity index (χ0) is 23.4. The van der Waals surface area contributed by atoms with Crippen LogP contribution in [0.5, 0.6) is 5.75 Å². The molecular formula is C22H22FN3O5S2. The summed E-state index contributed by atoms with van der Waals surface area (Å²) in [5.41, 5.74) is 1.35. The number of amides is 1. The molecule has 1 aliphatic rings. The number of carbonyl (C=O) groups excluding carboxylic acids is 1. The molecule has 0 atom stereocenters. The molecule has 0 unspecified atom stereocenters. The standard InChI is InChI=1S/C22H22FN3O5S2/c1-15-24-18(14-32-15)13-31-19-5-2-16(3-6-19)22(27)25-17-4-7-20(23)21(12-17)33(28,29)26-8-10-30-11-9-26/h2-7,12,14H,8-11,13H2,1H3,(H,25,27). The van der Waals surface area contributed by atoms with E-state index in [2.05, 4.69) is 10.3 Å². The Labute approximate surface area is 195 Å². The van der Waals surface area contributed by atoms with Crippen LogP contribution in [-0.4, -0.2) is 49.9 Å². The number of benzene rings is 2. The van der Waals surface area contributed by atoms with Crippen molar-refractivity contribution in [2.75, 3.05) is 31.6 Å². The van der Waals surface area contributed by atoms with Crippen molar-refractivity contribution in [3.05, 3.63) is 69.9 Å². The monoisotopic (exact) mass is 491 g/mol. The van der Waals surface area contributed by atoms with Gasteiger partial charge in [0, 0.05) is 29.7 Å². The number of anilines is 1. The molecule has 2 heterocycles. The van der Waals surface area contributed by atoms with Gasteiger partial charge in [-0.3, -0.25) is 4.79 Å². The number of thiazole rings is 1. The van der Waals surface area contributed by atoms with Gasteiger partial charge >= 0.3 is 0 Å². The Balaban J connectivity index is 1.43. The van der Waals surface area contributed by atoms with Gasteiger partial charge in [0.25, 0.3) is 5.91 Å². The minimum Gasteiger partial charge on any atom is -0.487 e. The van der Waals surface area contributed by atoms with Crippen molar-refractivity contribution < 1.29 is 27.1 Å². The summed E-state index contributed by atoms with van der Waals surface area (Å²) in [6.45, 7) is 3.04. The van der Waals surface area contributed by atoms with E-state index in [1.807, 2.05) is 12.3 Å². The van der Waals surface area contributed by atoms with Crippen LogP contribution in [0.3, 0.4) is 0 Å². The SMILES string of the molecule is Cc1nc(COc2ccc(C(=O)Nc3ccc(F)c(S(=O)(=O)N4CCOCC4)c3)cc2)cs1. The smallest absolute Gasteiger partial charge is 0.255 e. The number of aromatic nitrogens is 1. The average molecular weight is 492 g/mol. The van der Waals surface area contributed by atoms with Gasteiger partial charge in [-0.15, -0.1) is 11.3 Å². The highest BCUT2D eigenvalue weighted by atomic mass is 32.2. The number of carbonyl (C=O) groups is 1. The Morgan fingerprint density at radius 3 is 2.61 bits per heavy atom. The molecule has 1 aromatic heterocycles. The summed E-state index contributed by atoms with van der Waals surface area (Å²) in [5, 5.41) is 5.50. The van der Waals surface area contributed by atoms with E-state index in [-0.39, 0.29) is 32.0 Å². The highest BCUT2D eigenvalue weighted by Crippen LogP contribution is 2.24. The van der Waals surface area contributed by atoms with E-state index in [1.165, 1.54) is 10.4 Å². The van der Waals surface area contributed by atoms with Crippen LogP contribution in [0.2, 0.25) is 0 Å². The largest absolute Gasteiger partial charge is 0.487 e. The molecule has 3 aromatic rings. The Bertz CT molecular complexity index is 1240. The number of hydrogen-bond donors (Lipinski definition) is 1. The summed E-state index contributed by atoms with van der Waals surface area (Å²) in [7, 11) is -4.04. The third-order valence-electron chi connectivity index (χ3n) is 4.95. The first-order valence-electron chi connectivity index (χ1n) is 10.2. The minimum atomic E-state index is -4.04. The van der Waals surface area contributed by atoms with Crippen LogP contribution in [0.15, 0.2) is 52.7 Å². The molecule has 33 heavy (non-hydrogen) atoms. The number of nitrogens with zero attached hydrogens (tertiary/aromatic N) is 2. The van der Waals surface area contributed by atoms with Gasteiger partial charge in [0.1, 0.15) is 23.1 Å². The third-order valence-corrected chi connectivity index (χ3v) is 7.68. The average Bonchev–Trinajstić information content (AvgIpc) is 3.25. The molecule has 4 rings (SSSR count). The molecule has 1 aliphatic heterocycles. The van der Waals surface area contributed by atoms with Gasteiger partial charge in [0.15, 0.2) is 0 Å². The number of rotatable bonds is 7. The predicted octanol–water partition coefficient (Wildman–Crippen LogP) is 3.44. The van der Waals surface area contributed by atoms with E-state index >= 15 is 0 Å². The van der Waals surface area contributed by atoms with E-state index in [9.17, 15) is 17.6 Å². The molecule has 174 valence electrons. The lowest BCUT2D eigenvalue weighted by Crippen LogP contribution is -2.40. The van der Waals surface area contributed by atoms with Gasteiger partial charge in [0.05, 0.1) is 23.9 Å². The van der Waals surface area contributed by atoms with Crippen molar-refractivity contribution in [2.24, 2.45) is 0 Å². The molecule has 2 aromatic carbocycles. The maximum absolute atomic E-state index is 14.4. The topological polar surface area (TPSA) is 97.8 Å². The molecule has 0 bridgehead atoms. The zero-order valence-corrected chi connectivity index (χ0v) is 19.4. The van der Waals surface area contributed by atoms with Gasteiger partial charge in [-0.05, 0) is 49.4 Å². The number of sulfonamides is 1. The molecule has 11 heteroatoms. The number of morpholine rings is 1. The fraction of sp³-hybridized carbons (Fsp3) is 0.273. The second-order valence-electron chi connectivity index (χ2n) is 7.29. The van der Waals surface area contributed by atoms with Crippen LogP contribution in [-0.2, 0) is 21.4 Å². The highest BCUT2D eigenvalue weighted by Gasteiger charge is 2.29. The molecule has 0 spiro atoms. The first-order chi connectivity index (χ1) is 15.8. The molecule has 1 fully saturated rings. The Kier molecular flexibility index (Phi) is 7.03. The van der Waals surface area contributed by atoms with Gasteiger partial charge in [-0.2, -0.15) is 4.31 Å². The summed E-state index contributed by atoms with van der Waals surface area (Å²) in [5.74, 6) is -0.757. The maximum Gasteiger partial charge on any atom is 0.255 e. The van der Waals surface area contributed by atoms with Gasteiger partial charge in [-0.25, -0.2) is 17.8 Å². The van der Waals surface area contributed by atoms with Crippen molar-refractivity contribution in [1.29, 1.82) is 0 Å². The van der Waals surface area contributed by atoms with Gasteiger partial charge < -0.3 is 14.8 Å². The molecule has 0 radical (unpaired) electrons. The number of halogens is 1. The van der Waals surface area contributed by atoms with Crippen molar-refractivity contribution in [3.63, 3.8) is 0 Å². The third kappa shape index (κ3) is 5.56. The second-order valence-corrected chi connectivity index (χ2v) is 10.3. The number of hydrogen-bond acceptors (Lipinski definition) is 7. The van der Waals surface area contributed by atoms with Crippen molar-refractivity contribution in [3.8, 4) is 5.75 Å². The predicted molar refractivity (Wildman–Crippen MR) is 122 cm³/mol.